The number of benzene rings is 1. The molecule has 1 aromatic rings. The van der Waals surface area contributed by atoms with Crippen LogP contribution < -0.4 is 5.32 Å². The quantitative estimate of drug-likeness (QED) is 0.907. The Kier molecular flexibility index (Phi) is 7.76. The van der Waals surface area contributed by atoms with Gasteiger partial charge in [0, 0.05) is 19.5 Å². The zero-order valence-corrected chi connectivity index (χ0v) is 13.9. The van der Waals surface area contributed by atoms with E-state index < -0.39 is 0 Å². The molecule has 1 fully saturated rings. The second-order valence-corrected chi connectivity index (χ2v) is 5.81. The van der Waals surface area contributed by atoms with Gasteiger partial charge in [0.15, 0.2) is 0 Å². The van der Waals surface area contributed by atoms with Crippen LogP contribution in [-0.2, 0) is 11.2 Å². The number of carbonyl (C=O) groups excluding carboxylic acids is 1. The first-order valence-corrected chi connectivity index (χ1v) is 7.67. The van der Waals surface area contributed by atoms with Gasteiger partial charge in [-0.15, -0.1) is 12.4 Å². The molecular weight excluding hydrogens is 284 g/mol. The minimum atomic E-state index is 0. The molecule has 0 unspecified atom stereocenters. The second-order valence-electron chi connectivity index (χ2n) is 5.81. The molecular formula is C17H27ClN2O. The van der Waals surface area contributed by atoms with Crippen molar-refractivity contribution < 1.29 is 4.79 Å². The molecule has 1 N–H and O–H groups in total. The van der Waals surface area contributed by atoms with Crippen molar-refractivity contribution in [2.45, 2.75) is 32.6 Å². The first-order chi connectivity index (χ1) is 9.70. The van der Waals surface area contributed by atoms with Crippen LogP contribution in [0.2, 0.25) is 0 Å². The third-order valence-corrected chi connectivity index (χ3v) is 4.33. The average molecular weight is 311 g/mol. The number of hydrogen-bond acceptors (Lipinski definition) is 2. The fraction of sp³-hybridized carbons (Fsp3) is 0.588. The Morgan fingerprint density at radius 3 is 2.57 bits per heavy atom. The highest BCUT2D eigenvalue weighted by Gasteiger charge is 2.21. The van der Waals surface area contributed by atoms with Gasteiger partial charge in [-0.3, -0.25) is 4.79 Å². The molecule has 0 aromatic heterocycles. The molecule has 1 saturated heterocycles. The Balaban J connectivity index is 0.00000220. The highest BCUT2D eigenvalue weighted by Crippen LogP contribution is 2.18. The summed E-state index contributed by atoms with van der Waals surface area (Å²) in [5.74, 6) is 1.05. The summed E-state index contributed by atoms with van der Waals surface area (Å²) >= 11 is 0. The molecule has 0 radical (unpaired) electrons. The number of nitrogens with one attached hydrogen (secondary N) is 1. The summed E-state index contributed by atoms with van der Waals surface area (Å²) in [6.45, 7) is 5.05. The van der Waals surface area contributed by atoms with E-state index in [1.54, 1.807) is 0 Å². The monoisotopic (exact) mass is 310 g/mol. The molecule has 0 spiro atoms. The van der Waals surface area contributed by atoms with Crippen LogP contribution in [0, 0.1) is 12.8 Å². The maximum atomic E-state index is 12.3. The van der Waals surface area contributed by atoms with E-state index in [1.165, 1.54) is 11.1 Å². The predicted octanol–water partition coefficient (Wildman–Crippen LogP) is 2.81. The lowest BCUT2D eigenvalue weighted by molar-refractivity contribution is -0.132. The molecule has 1 aliphatic rings. The molecule has 3 nitrogen and oxygen atoms in total. The fourth-order valence-corrected chi connectivity index (χ4v) is 2.97. The first-order valence-electron chi connectivity index (χ1n) is 7.67. The van der Waals surface area contributed by atoms with Gasteiger partial charge in [-0.05, 0) is 56.8 Å². The van der Waals surface area contributed by atoms with Gasteiger partial charge in [0.1, 0.15) is 0 Å². The number of amides is 1. The van der Waals surface area contributed by atoms with E-state index in [2.05, 4.69) is 30.4 Å². The standard InChI is InChI=1S/C17H26N2O.ClH/c1-14-5-3-4-6-16(14)7-8-17(20)19-11-9-15(10-12-19)13-18-2;/h3-6,15,18H,7-13H2,1-2H3;1H. The van der Waals surface area contributed by atoms with Crippen molar-refractivity contribution in [3.8, 4) is 0 Å². The van der Waals surface area contributed by atoms with Gasteiger partial charge in [-0.2, -0.15) is 0 Å². The van der Waals surface area contributed by atoms with Crippen LogP contribution in [0.15, 0.2) is 24.3 Å². The molecule has 2 rings (SSSR count). The number of rotatable bonds is 5. The van der Waals surface area contributed by atoms with E-state index in [9.17, 15) is 4.79 Å². The topological polar surface area (TPSA) is 32.3 Å². The summed E-state index contributed by atoms with van der Waals surface area (Å²) in [4.78, 5) is 14.3. The van der Waals surface area contributed by atoms with Gasteiger partial charge >= 0.3 is 0 Å². The van der Waals surface area contributed by atoms with Gasteiger partial charge in [-0.1, -0.05) is 24.3 Å². The zero-order chi connectivity index (χ0) is 14.4. The Morgan fingerprint density at radius 2 is 1.95 bits per heavy atom. The highest BCUT2D eigenvalue weighted by atomic mass is 35.5. The number of carbonyl (C=O) groups is 1. The van der Waals surface area contributed by atoms with Crippen LogP contribution in [0.4, 0.5) is 0 Å². The van der Waals surface area contributed by atoms with Crippen molar-refractivity contribution in [3.63, 3.8) is 0 Å². The lowest BCUT2D eigenvalue weighted by Gasteiger charge is -2.32. The fourth-order valence-electron chi connectivity index (χ4n) is 2.97. The Morgan fingerprint density at radius 1 is 1.29 bits per heavy atom. The van der Waals surface area contributed by atoms with E-state index in [4.69, 9.17) is 0 Å². The summed E-state index contributed by atoms with van der Waals surface area (Å²) in [5.41, 5.74) is 2.58. The van der Waals surface area contributed by atoms with Crippen molar-refractivity contribution in [1.29, 1.82) is 0 Å². The summed E-state index contributed by atoms with van der Waals surface area (Å²) < 4.78 is 0. The van der Waals surface area contributed by atoms with E-state index in [1.807, 2.05) is 18.0 Å². The van der Waals surface area contributed by atoms with Crippen LogP contribution in [-0.4, -0.2) is 37.5 Å². The number of piperidine rings is 1. The van der Waals surface area contributed by atoms with E-state index in [-0.39, 0.29) is 12.4 Å². The van der Waals surface area contributed by atoms with Crippen molar-refractivity contribution in [1.82, 2.24) is 10.2 Å². The number of likely N-dealkylation sites (tertiary alicyclic amines) is 1. The minimum Gasteiger partial charge on any atom is -0.343 e. The number of halogens is 1. The molecule has 1 heterocycles. The van der Waals surface area contributed by atoms with E-state index in [0.717, 1.165) is 44.8 Å². The average Bonchev–Trinajstić information content (AvgIpc) is 2.47. The Hall–Kier alpha value is -1.06. The van der Waals surface area contributed by atoms with Crippen molar-refractivity contribution in [3.05, 3.63) is 35.4 Å². The van der Waals surface area contributed by atoms with Crippen molar-refractivity contribution in [2.75, 3.05) is 26.7 Å². The van der Waals surface area contributed by atoms with Crippen molar-refractivity contribution >= 4 is 18.3 Å². The zero-order valence-electron chi connectivity index (χ0n) is 13.1. The molecule has 118 valence electrons. The molecule has 4 heteroatoms. The van der Waals surface area contributed by atoms with Gasteiger partial charge < -0.3 is 10.2 Å². The number of hydrogen-bond donors (Lipinski definition) is 1. The molecule has 0 atom stereocenters. The van der Waals surface area contributed by atoms with Crippen LogP contribution in [0.1, 0.15) is 30.4 Å². The lowest BCUT2D eigenvalue weighted by Crippen LogP contribution is -2.40. The van der Waals surface area contributed by atoms with E-state index >= 15 is 0 Å². The molecule has 1 aromatic carbocycles. The number of nitrogens with zero attached hydrogens (tertiary/aromatic N) is 1. The highest BCUT2D eigenvalue weighted by molar-refractivity contribution is 5.85. The maximum absolute atomic E-state index is 12.3. The first kappa shape index (κ1) is 18.0. The van der Waals surface area contributed by atoms with Crippen molar-refractivity contribution in [2.24, 2.45) is 5.92 Å². The lowest BCUT2D eigenvalue weighted by atomic mass is 9.96. The van der Waals surface area contributed by atoms with Crippen LogP contribution in [0.25, 0.3) is 0 Å². The molecule has 0 bridgehead atoms. The number of aryl methyl sites for hydroxylation is 2. The summed E-state index contributed by atoms with van der Waals surface area (Å²) in [6.07, 6.45) is 3.78. The SMILES string of the molecule is CNCC1CCN(C(=O)CCc2ccccc2C)CC1.Cl. The smallest absolute Gasteiger partial charge is 0.222 e. The minimum absolute atomic E-state index is 0. The molecule has 0 aliphatic carbocycles. The Bertz CT molecular complexity index is 442. The summed E-state index contributed by atoms with van der Waals surface area (Å²) in [7, 11) is 2.00. The molecule has 1 amide bonds. The maximum Gasteiger partial charge on any atom is 0.222 e. The third kappa shape index (κ3) is 5.33. The second kappa shape index (κ2) is 9.06. The van der Waals surface area contributed by atoms with Crippen LogP contribution in [0.3, 0.4) is 0 Å². The molecule has 1 aliphatic heterocycles. The normalized spacial score (nSPS) is 15.6. The van der Waals surface area contributed by atoms with Gasteiger partial charge in [0.25, 0.3) is 0 Å². The third-order valence-electron chi connectivity index (χ3n) is 4.33. The summed E-state index contributed by atoms with van der Waals surface area (Å²) in [5, 5.41) is 3.23. The van der Waals surface area contributed by atoms with E-state index in [0.29, 0.717) is 12.3 Å². The predicted molar refractivity (Wildman–Crippen MR) is 90.0 cm³/mol. The van der Waals surface area contributed by atoms with Gasteiger partial charge in [-0.25, -0.2) is 0 Å². The van der Waals surface area contributed by atoms with Gasteiger partial charge in [0.05, 0.1) is 0 Å². The van der Waals surface area contributed by atoms with Gasteiger partial charge in [0.2, 0.25) is 5.91 Å². The molecule has 21 heavy (non-hydrogen) atoms. The summed E-state index contributed by atoms with van der Waals surface area (Å²) in [6, 6.07) is 8.34. The Labute approximate surface area is 134 Å². The van der Waals surface area contributed by atoms with Crippen LogP contribution in [0.5, 0.6) is 0 Å². The largest absolute Gasteiger partial charge is 0.343 e. The van der Waals surface area contributed by atoms with Crippen LogP contribution >= 0.6 is 12.4 Å². The molecule has 0 saturated carbocycles.